The molecule has 122 valence electrons. The Labute approximate surface area is 137 Å². The van der Waals surface area contributed by atoms with Crippen LogP contribution in [0.3, 0.4) is 0 Å². The van der Waals surface area contributed by atoms with E-state index in [1.54, 1.807) is 11.8 Å². The number of nitrogens with one attached hydrogen (secondary N) is 2. The largest absolute Gasteiger partial charge is 0.374 e. The number of nitrogens with zero attached hydrogens (tertiary/aromatic N) is 4. The molecule has 2 aliphatic rings. The van der Waals surface area contributed by atoms with Gasteiger partial charge in [0.2, 0.25) is 11.0 Å². The minimum Gasteiger partial charge on any atom is -0.374 e. The Morgan fingerprint density at radius 1 is 1.36 bits per heavy atom. The van der Waals surface area contributed by atoms with Crippen LogP contribution in [0, 0.1) is 0 Å². The fourth-order valence-electron chi connectivity index (χ4n) is 2.59. The van der Waals surface area contributed by atoms with Crippen LogP contribution >= 0.6 is 23.1 Å². The lowest BCUT2D eigenvalue weighted by atomic mass is 10.2. The number of thioether (sulfide) groups is 1. The summed E-state index contributed by atoms with van der Waals surface area (Å²) in [5.74, 6) is 0.886. The minimum atomic E-state index is -0.0694. The number of amides is 1. The Morgan fingerprint density at radius 2 is 2.14 bits per heavy atom. The molecule has 3 rings (SSSR count). The first-order valence-electron chi connectivity index (χ1n) is 7.30. The highest BCUT2D eigenvalue weighted by Crippen LogP contribution is 2.25. The van der Waals surface area contributed by atoms with Gasteiger partial charge >= 0.3 is 0 Å². The minimum absolute atomic E-state index is 0.0694. The molecule has 0 aromatic carbocycles. The molecule has 2 unspecified atom stereocenters. The zero-order valence-electron chi connectivity index (χ0n) is 12.5. The Hall–Kier alpha value is -0.940. The lowest BCUT2D eigenvalue weighted by Crippen LogP contribution is -2.66. The topological polar surface area (TPSA) is 99.4 Å². The van der Waals surface area contributed by atoms with E-state index in [1.165, 1.54) is 11.3 Å². The van der Waals surface area contributed by atoms with Crippen molar-refractivity contribution >= 4 is 34.1 Å². The second-order valence-corrected chi connectivity index (χ2v) is 7.87. The number of carbonyl (C=O) groups is 1. The van der Waals surface area contributed by atoms with Gasteiger partial charge in [0, 0.05) is 44.4 Å². The van der Waals surface area contributed by atoms with Gasteiger partial charge in [-0.25, -0.2) is 0 Å². The molecule has 1 amide bonds. The van der Waals surface area contributed by atoms with Gasteiger partial charge < -0.3 is 16.0 Å². The third-order valence-corrected chi connectivity index (χ3v) is 5.90. The molecule has 0 radical (unpaired) electrons. The van der Waals surface area contributed by atoms with Crippen LogP contribution in [0.15, 0.2) is 4.34 Å². The molecule has 10 heteroatoms. The average Bonchev–Trinajstić information content (AvgIpc) is 2.91. The molecule has 4 N–H and O–H groups in total. The number of nitrogen functional groups attached to an aromatic ring is 1. The maximum Gasteiger partial charge on any atom is 0.223 e. The quantitative estimate of drug-likeness (QED) is 0.613. The van der Waals surface area contributed by atoms with E-state index in [0.29, 0.717) is 11.6 Å². The first kappa shape index (κ1) is 15.9. The molecular weight excluding hydrogens is 322 g/mol. The van der Waals surface area contributed by atoms with Gasteiger partial charge in [0.05, 0.1) is 0 Å². The predicted octanol–water partition coefficient (Wildman–Crippen LogP) is -0.778. The molecule has 1 aromatic heterocycles. The maximum atomic E-state index is 12.0. The van der Waals surface area contributed by atoms with Crippen LogP contribution in [0.4, 0.5) is 5.13 Å². The van der Waals surface area contributed by atoms with Crippen LogP contribution in [-0.2, 0) is 4.79 Å². The van der Waals surface area contributed by atoms with E-state index in [-0.39, 0.29) is 18.2 Å². The van der Waals surface area contributed by atoms with Crippen LogP contribution in [-0.4, -0.2) is 77.2 Å². The molecule has 2 fully saturated rings. The van der Waals surface area contributed by atoms with Crippen molar-refractivity contribution in [2.45, 2.75) is 23.1 Å². The number of piperazine rings is 1. The second kappa shape index (κ2) is 7.09. The van der Waals surface area contributed by atoms with Crippen molar-refractivity contribution in [1.82, 2.24) is 30.6 Å². The highest BCUT2D eigenvalue weighted by Gasteiger charge is 2.31. The summed E-state index contributed by atoms with van der Waals surface area (Å²) in [5, 5.41) is 14.8. The van der Waals surface area contributed by atoms with Gasteiger partial charge in [-0.05, 0) is 7.05 Å². The number of carbonyl (C=O) groups excluding carboxylic acids is 1. The van der Waals surface area contributed by atoms with Crippen LogP contribution in [0.5, 0.6) is 0 Å². The number of hydrogen-bond acceptors (Lipinski definition) is 9. The zero-order valence-corrected chi connectivity index (χ0v) is 14.1. The van der Waals surface area contributed by atoms with E-state index in [1.807, 2.05) is 0 Å². The van der Waals surface area contributed by atoms with E-state index < -0.39 is 0 Å². The molecule has 1 aromatic rings. The summed E-state index contributed by atoms with van der Waals surface area (Å²) in [4.78, 5) is 16.6. The molecular formula is C12H21N7OS2. The van der Waals surface area contributed by atoms with Crippen LogP contribution in [0.25, 0.3) is 0 Å². The highest BCUT2D eigenvalue weighted by molar-refractivity contribution is 8.01. The van der Waals surface area contributed by atoms with Crippen molar-refractivity contribution in [2.24, 2.45) is 0 Å². The molecule has 2 saturated heterocycles. The molecule has 0 spiro atoms. The smallest absolute Gasteiger partial charge is 0.223 e. The number of rotatable bonds is 4. The van der Waals surface area contributed by atoms with Crippen molar-refractivity contribution in [3.63, 3.8) is 0 Å². The summed E-state index contributed by atoms with van der Waals surface area (Å²) in [6, 6.07) is 0.133. The van der Waals surface area contributed by atoms with Crippen molar-refractivity contribution in [1.29, 1.82) is 0 Å². The first-order chi connectivity index (χ1) is 10.6. The fraction of sp³-hybridized carbons (Fsp3) is 0.750. The Kier molecular flexibility index (Phi) is 5.14. The number of nitrogens with two attached hydrogens (primary N) is 1. The average molecular weight is 343 g/mol. The lowest BCUT2D eigenvalue weighted by Gasteiger charge is -2.42. The van der Waals surface area contributed by atoms with Gasteiger partial charge in [0.1, 0.15) is 6.29 Å². The van der Waals surface area contributed by atoms with Gasteiger partial charge in [-0.1, -0.05) is 23.1 Å². The number of hydrogen-bond donors (Lipinski definition) is 3. The molecule has 3 heterocycles. The van der Waals surface area contributed by atoms with Crippen molar-refractivity contribution in [3.05, 3.63) is 0 Å². The van der Waals surface area contributed by atoms with E-state index in [9.17, 15) is 4.79 Å². The summed E-state index contributed by atoms with van der Waals surface area (Å²) >= 11 is 2.98. The summed E-state index contributed by atoms with van der Waals surface area (Å²) in [6.07, 6.45) is 0.422. The molecule has 0 saturated carbocycles. The SMILES string of the molecule is CN1CCN(C2NC(=O)CC(CSc3nnc(N)s3)N2)CC1. The van der Waals surface area contributed by atoms with Gasteiger partial charge in [-0.15, -0.1) is 10.2 Å². The summed E-state index contributed by atoms with van der Waals surface area (Å²) in [7, 11) is 2.12. The van der Waals surface area contributed by atoms with E-state index in [2.05, 4.69) is 37.7 Å². The summed E-state index contributed by atoms with van der Waals surface area (Å²) in [6.45, 7) is 3.97. The summed E-state index contributed by atoms with van der Waals surface area (Å²) in [5.41, 5.74) is 5.58. The molecule has 2 aliphatic heterocycles. The zero-order chi connectivity index (χ0) is 15.5. The molecule has 2 atom stereocenters. The van der Waals surface area contributed by atoms with E-state index >= 15 is 0 Å². The normalized spacial score (nSPS) is 27.8. The number of anilines is 1. The van der Waals surface area contributed by atoms with Crippen molar-refractivity contribution < 1.29 is 4.79 Å². The van der Waals surface area contributed by atoms with Crippen molar-refractivity contribution in [3.8, 4) is 0 Å². The summed E-state index contributed by atoms with van der Waals surface area (Å²) < 4.78 is 0.849. The molecule has 0 bridgehead atoms. The third kappa shape index (κ3) is 4.07. The third-order valence-electron chi connectivity index (χ3n) is 3.86. The Balaban J connectivity index is 1.53. The monoisotopic (exact) mass is 343 g/mol. The van der Waals surface area contributed by atoms with E-state index in [0.717, 1.165) is 36.3 Å². The van der Waals surface area contributed by atoms with Crippen LogP contribution in [0.2, 0.25) is 0 Å². The fourth-order valence-corrected chi connectivity index (χ4v) is 4.29. The second-order valence-electron chi connectivity index (χ2n) is 5.59. The first-order valence-corrected chi connectivity index (χ1v) is 9.10. The maximum absolute atomic E-state index is 12.0. The van der Waals surface area contributed by atoms with Gasteiger partial charge in [-0.3, -0.25) is 15.0 Å². The molecule has 0 aliphatic carbocycles. The van der Waals surface area contributed by atoms with Gasteiger partial charge in [-0.2, -0.15) is 0 Å². The molecule has 8 nitrogen and oxygen atoms in total. The predicted molar refractivity (Wildman–Crippen MR) is 87.6 cm³/mol. The Morgan fingerprint density at radius 3 is 2.82 bits per heavy atom. The van der Waals surface area contributed by atoms with E-state index in [4.69, 9.17) is 5.73 Å². The van der Waals surface area contributed by atoms with Crippen LogP contribution in [0.1, 0.15) is 6.42 Å². The van der Waals surface area contributed by atoms with Gasteiger partial charge in [0.15, 0.2) is 4.34 Å². The lowest BCUT2D eigenvalue weighted by molar-refractivity contribution is -0.127. The Bertz CT molecular complexity index is 517. The van der Waals surface area contributed by atoms with Crippen molar-refractivity contribution in [2.75, 3.05) is 44.7 Å². The number of aromatic nitrogens is 2. The molecule has 22 heavy (non-hydrogen) atoms. The highest BCUT2D eigenvalue weighted by atomic mass is 32.2. The standard InChI is InChI=1S/C12H21N7OS2/c1-18-2-4-19(5-3-18)11-14-8(6-9(20)15-11)7-21-12-17-16-10(13)22-12/h8,11,14H,2-7H2,1H3,(H2,13,16)(H,15,20). The number of likely N-dealkylation sites (N-methyl/N-ethyl adjacent to an activating group) is 1. The van der Waals surface area contributed by atoms with Crippen LogP contribution < -0.4 is 16.4 Å². The van der Waals surface area contributed by atoms with Gasteiger partial charge in [0.25, 0.3) is 0 Å².